The number of halogens is 1. The van der Waals surface area contributed by atoms with Crippen LogP contribution in [0.25, 0.3) is 11.0 Å². The van der Waals surface area contributed by atoms with Gasteiger partial charge in [0.15, 0.2) is 0 Å². The molecule has 0 atom stereocenters. The predicted molar refractivity (Wildman–Crippen MR) is 105 cm³/mol. The van der Waals surface area contributed by atoms with Gasteiger partial charge < -0.3 is 19.2 Å². The molecule has 3 aromatic rings. The van der Waals surface area contributed by atoms with Crippen molar-refractivity contribution in [1.82, 2.24) is 5.32 Å². The van der Waals surface area contributed by atoms with E-state index in [1.807, 2.05) is 42.5 Å². The molecule has 0 radical (unpaired) electrons. The molecule has 26 heavy (non-hydrogen) atoms. The van der Waals surface area contributed by atoms with Crippen molar-refractivity contribution in [2.45, 2.75) is 6.42 Å². The predicted octanol–water partition coefficient (Wildman–Crippen LogP) is 3.65. The maximum Gasteiger partial charge on any atom is 0.336 e. The second-order valence-corrected chi connectivity index (χ2v) is 5.57. The molecule has 0 aliphatic carbocycles. The molecule has 2 aromatic carbocycles. The van der Waals surface area contributed by atoms with Crippen LogP contribution in [0.15, 0.2) is 69.9 Å². The maximum absolute atomic E-state index is 11.2. The van der Waals surface area contributed by atoms with Crippen LogP contribution in [0.5, 0.6) is 11.5 Å². The van der Waals surface area contributed by atoms with Gasteiger partial charge in [-0.1, -0.05) is 18.2 Å². The summed E-state index contributed by atoms with van der Waals surface area (Å²) in [5.41, 5.74) is 0.181. The van der Waals surface area contributed by atoms with Crippen LogP contribution in [0.1, 0.15) is 6.42 Å². The fourth-order valence-corrected chi connectivity index (χ4v) is 2.40. The van der Waals surface area contributed by atoms with E-state index in [2.05, 4.69) is 5.32 Å². The minimum absolute atomic E-state index is 0. The highest BCUT2D eigenvalue weighted by Crippen LogP contribution is 2.19. The third-order valence-electron chi connectivity index (χ3n) is 3.65. The number of fused-ring (bicyclic) bond motifs is 1. The smallest absolute Gasteiger partial charge is 0.336 e. The van der Waals surface area contributed by atoms with Crippen LogP contribution in [0.4, 0.5) is 0 Å². The highest BCUT2D eigenvalue weighted by Gasteiger charge is 2.00. The lowest BCUT2D eigenvalue weighted by molar-refractivity contribution is 0.294. The monoisotopic (exact) mass is 375 g/mol. The molecule has 0 fully saturated rings. The maximum atomic E-state index is 11.2. The first-order valence-corrected chi connectivity index (χ1v) is 8.36. The Kier molecular flexibility index (Phi) is 7.99. The number of nitrogens with one attached hydrogen (secondary N) is 1. The van der Waals surface area contributed by atoms with Crippen LogP contribution < -0.4 is 20.4 Å². The van der Waals surface area contributed by atoms with Gasteiger partial charge in [-0.3, -0.25) is 0 Å². The number of rotatable bonds is 9. The van der Waals surface area contributed by atoms with E-state index >= 15 is 0 Å². The van der Waals surface area contributed by atoms with Crippen LogP contribution >= 0.6 is 12.4 Å². The molecule has 0 aliphatic rings. The lowest BCUT2D eigenvalue weighted by Crippen LogP contribution is -2.23. The largest absolute Gasteiger partial charge is 0.494 e. The third-order valence-corrected chi connectivity index (χ3v) is 3.65. The van der Waals surface area contributed by atoms with Crippen molar-refractivity contribution in [1.29, 1.82) is 0 Å². The summed E-state index contributed by atoms with van der Waals surface area (Å²) < 4.78 is 16.4. The van der Waals surface area contributed by atoms with Crippen molar-refractivity contribution in [3.8, 4) is 11.5 Å². The Bertz CT molecular complexity index is 851. The SMILES string of the molecule is Cl.O=c1ccc2ccc(OCCNCCCOc3ccccc3)cc2o1. The molecule has 5 nitrogen and oxygen atoms in total. The number of hydrogen-bond donors (Lipinski definition) is 1. The van der Waals surface area contributed by atoms with Crippen LogP contribution in [0.2, 0.25) is 0 Å². The topological polar surface area (TPSA) is 60.7 Å². The standard InChI is InChI=1S/C20H21NO4.ClH/c22-20-10-8-16-7-9-18(15-19(16)25-20)24-14-12-21-11-4-13-23-17-5-2-1-3-6-17;/h1-3,5-10,15,21H,4,11-14H2;1H. The van der Waals surface area contributed by atoms with Crippen LogP contribution in [-0.2, 0) is 0 Å². The van der Waals surface area contributed by atoms with Gasteiger partial charge in [0.2, 0.25) is 0 Å². The van der Waals surface area contributed by atoms with E-state index in [0.29, 0.717) is 24.5 Å². The van der Waals surface area contributed by atoms with Crippen molar-refractivity contribution in [3.05, 3.63) is 71.1 Å². The van der Waals surface area contributed by atoms with Crippen molar-refractivity contribution < 1.29 is 13.9 Å². The minimum atomic E-state index is -0.357. The summed E-state index contributed by atoms with van der Waals surface area (Å²) in [5, 5.41) is 4.19. The Morgan fingerprint density at radius 1 is 0.846 bits per heavy atom. The zero-order chi connectivity index (χ0) is 17.3. The first-order chi connectivity index (χ1) is 12.3. The second-order valence-electron chi connectivity index (χ2n) is 5.57. The highest BCUT2D eigenvalue weighted by molar-refractivity contribution is 5.85. The fourth-order valence-electron chi connectivity index (χ4n) is 2.40. The Balaban J connectivity index is 0.00000243. The lowest BCUT2D eigenvalue weighted by Gasteiger charge is -2.09. The lowest BCUT2D eigenvalue weighted by atomic mass is 10.2. The van der Waals surface area contributed by atoms with Crippen LogP contribution in [0.3, 0.4) is 0 Å². The third kappa shape index (κ3) is 6.10. The van der Waals surface area contributed by atoms with E-state index in [9.17, 15) is 4.79 Å². The van der Waals surface area contributed by atoms with E-state index in [1.54, 1.807) is 12.1 Å². The Morgan fingerprint density at radius 3 is 2.46 bits per heavy atom. The van der Waals surface area contributed by atoms with E-state index in [4.69, 9.17) is 13.9 Å². The molecular weight excluding hydrogens is 354 g/mol. The molecule has 0 saturated carbocycles. The first kappa shape index (κ1) is 19.8. The summed E-state index contributed by atoms with van der Waals surface area (Å²) in [6, 6.07) is 18.4. The van der Waals surface area contributed by atoms with Gasteiger partial charge in [-0.05, 0) is 43.3 Å². The Hall–Kier alpha value is -2.50. The normalized spacial score (nSPS) is 10.3. The van der Waals surface area contributed by atoms with Gasteiger partial charge >= 0.3 is 5.63 Å². The number of para-hydroxylation sites is 1. The number of benzene rings is 2. The average molecular weight is 376 g/mol. The quantitative estimate of drug-likeness (QED) is 0.457. The summed E-state index contributed by atoms with van der Waals surface area (Å²) >= 11 is 0. The van der Waals surface area contributed by atoms with Gasteiger partial charge in [0.25, 0.3) is 0 Å². The minimum Gasteiger partial charge on any atom is -0.494 e. The summed E-state index contributed by atoms with van der Waals surface area (Å²) in [6.45, 7) is 2.83. The van der Waals surface area contributed by atoms with Gasteiger partial charge in [-0.2, -0.15) is 0 Å². The number of hydrogen-bond acceptors (Lipinski definition) is 5. The molecular formula is C20H22ClNO4. The molecule has 1 heterocycles. The van der Waals surface area contributed by atoms with Crippen molar-refractivity contribution in [2.75, 3.05) is 26.3 Å². The fraction of sp³-hybridized carbons (Fsp3) is 0.250. The van der Waals surface area contributed by atoms with Crippen molar-refractivity contribution >= 4 is 23.4 Å². The zero-order valence-electron chi connectivity index (χ0n) is 14.4. The molecule has 0 unspecified atom stereocenters. The summed E-state index contributed by atoms with van der Waals surface area (Å²) in [6.07, 6.45) is 0.927. The van der Waals surface area contributed by atoms with E-state index in [-0.39, 0.29) is 18.0 Å². The van der Waals surface area contributed by atoms with Crippen LogP contribution in [0, 0.1) is 0 Å². The van der Waals surface area contributed by atoms with Gasteiger partial charge in [-0.15, -0.1) is 12.4 Å². The molecule has 0 bridgehead atoms. The molecule has 1 N–H and O–H groups in total. The molecule has 6 heteroatoms. The summed E-state index contributed by atoms with van der Waals surface area (Å²) in [4.78, 5) is 11.2. The van der Waals surface area contributed by atoms with Crippen molar-refractivity contribution in [2.24, 2.45) is 0 Å². The first-order valence-electron chi connectivity index (χ1n) is 8.36. The van der Waals surface area contributed by atoms with Gasteiger partial charge in [-0.25, -0.2) is 4.79 Å². The number of ether oxygens (including phenoxy) is 2. The molecule has 0 saturated heterocycles. The highest BCUT2D eigenvalue weighted by atomic mass is 35.5. The average Bonchev–Trinajstić information content (AvgIpc) is 2.64. The van der Waals surface area contributed by atoms with Crippen LogP contribution in [-0.4, -0.2) is 26.3 Å². The van der Waals surface area contributed by atoms with Gasteiger partial charge in [0, 0.05) is 24.1 Å². The second kappa shape index (κ2) is 10.5. The molecule has 138 valence electrons. The molecule has 0 aliphatic heterocycles. The zero-order valence-corrected chi connectivity index (χ0v) is 15.2. The molecule has 0 amide bonds. The molecule has 0 spiro atoms. The van der Waals surface area contributed by atoms with Crippen molar-refractivity contribution in [3.63, 3.8) is 0 Å². The van der Waals surface area contributed by atoms with E-state index in [0.717, 1.165) is 30.6 Å². The summed E-state index contributed by atoms with van der Waals surface area (Å²) in [5.74, 6) is 1.59. The van der Waals surface area contributed by atoms with E-state index in [1.165, 1.54) is 6.07 Å². The molecule has 1 aromatic heterocycles. The Labute approximate surface area is 158 Å². The summed E-state index contributed by atoms with van der Waals surface area (Å²) in [7, 11) is 0. The Morgan fingerprint density at radius 2 is 1.62 bits per heavy atom. The van der Waals surface area contributed by atoms with Gasteiger partial charge in [0.1, 0.15) is 23.7 Å². The molecule has 3 rings (SSSR count). The van der Waals surface area contributed by atoms with E-state index < -0.39 is 0 Å². The van der Waals surface area contributed by atoms with Gasteiger partial charge in [0.05, 0.1) is 6.61 Å².